The van der Waals surface area contributed by atoms with Gasteiger partial charge < -0.3 is 9.64 Å². The zero-order valence-corrected chi connectivity index (χ0v) is 16.9. The van der Waals surface area contributed by atoms with Crippen molar-refractivity contribution in [1.29, 1.82) is 0 Å². The fourth-order valence-electron chi connectivity index (χ4n) is 3.15. The summed E-state index contributed by atoms with van der Waals surface area (Å²) >= 11 is 0. The number of amides is 1. The largest absolute Gasteiger partial charge is 0.490 e. The van der Waals surface area contributed by atoms with Crippen LogP contribution in [0.3, 0.4) is 0 Å². The van der Waals surface area contributed by atoms with Gasteiger partial charge in [-0.2, -0.15) is 13.2 Å². The van der Waals surface area contributed by atoms with Gasteiger partial charge in [-0.25, -0.2) is 8.42 Å². The Morgan fingerprint density at radius 3 is 2.31 bits per heavy atom. The Bertz CT molecular complexity index is 1060. The molecule has 2 aromatic rings. The molecule has 5 nitrogen and oxygen atoms in total. The van der Waals surface area contributed by atoms with Gasteiger partial charge in [-0.15, -0.1) is 0 Å². The lowest BCUT2D eigenvalue weighted by Crippen LogP contribution is -2.26. The maximum absolute atomic E-state index is 13.1. The highest BCUT2D eigenvalue weighted by Crippen LogP contribution is 2.34. The molecule has 0 aromatic heterocycles. The van der Waals surface area contributed by atoms with Crippen LogP contribution in [0, 0.1) is 0 Å². The first-order valence-corrected chi connectivity index (χ1v) is 10.7. The van der Waals surface area contributed by atoms with Crippen LogP contribution in [-0.2, 0) is 29.1 Å². The molecule has 1 aliphatic rings. The van der Waals surface area contributed by atoms with E-state index in [0.29, 0.717) is 11.1 Å². The number of rotatable bonds is 4. The number of halogens is 3. The molecule has 0 saturated carbocycles. The van der Waals surface area contributed by atoms with Crippen LogP contribution >= 0.6 is 0 Å². The number of hydrogen-bond acceptors (Lipinski definition) is 4. The minimum absolute atomic E-state index is 0.00229. The second-order valence-corrected chi connectivity index (χ2v) is 9.25. The monoisotopic (exact) mass is 427 g/mol. The first-order chi connectivity index (χ1) is 13.4. The minimum Gasteiger partial charge on any atom is -0.490 e. The van der Waals surface area contributed by atoms with E-state index in [-0.39, 0.29) is 35.4 Å². The van der Waals surface area contributed by atoms with Crippen LogP contribution < -0.4 is 4.74 Å². The molecule has 1 heterocycles. The van der Waals surface area contributed by atoms with Gasteiger partial charge in [0.05, 0.1) is 22.1 Å². The van der Waals surface area contributed by atoms with Crippen molar-refractivity contribution in [2.75, 3.05) is 6.26 Å². The lowest BCUT2D eigenvalue weighted by Gasteiger charge is -2.20. The first-order valence-electron chi connectivity index (χ1n) is 8.85. The number of carbonyl (C=O) groups excluding carboxylic acids is 1. The maximum atomic E-state index is 13.1. The van der Waals surface area contributed by atoms with Crippen molar-refractivity contribution in [3.8, 4) is 5.75 Å². The number of nitrogens with zero attached hydrogens (tertiary/aromatic N) is 1. The number of hydrogen-bond donors (Lipinski definition) is 0. The van der Waals surface area contributed by atoms with Crippen molar-refractivity contribution in [2.45, 2.75) is 44.1 Å². The van der Waals surface area contributed by atoms with Gasteiger partial charge in [0.25, 0.3) is 5.91 Å². The van der Waals surface area contributed by atoms with E-state index < -0.39 is 27.5 Å². The Kier molecular flexibility index (Phi) is 5.38. The van der Waals surface area contributed by atoms with Crippen LogP contribution in [0.15, 0.2) is 41.3 Å². The SMILES string of the molecule is CC(C)Oc1ccc(S(C)(=O)=O)cc1C(=O)N1Cc2ccc(C(F)(F)F)cc2C1. The van der Waals surface area contributed by atoms with Crippen molar-refractivity contribution < 1.29 is 31.1 Å². The number of ether oxygens (including phenoxy) is 1. The summed E-state index contributed by atoms with van der Waals surface area (Å²) < 4.78 is 68.3. The van der Waals surface area contributed by atoms with Crippen LogP contribution in [0.2, 0.25) is 0 Å². The summed E-state index contributed by atoms with van der Waals surface area (Å²) in [5, 5.41) is 0. The van der Waals surface area contributed by atoms with Gasteiger partial charge in [-0.3, -0.25) is 4.79 Å². The third-order valence-corrected chi connectivity index (χ3v) is 5.63. The zero-order valence-electron chi connectivity index (χ0n) is 16.1. The molecular weight excluding hydrogens is 407 g/mol. The van der Waals surface area contributed by atoms with Gasteiger partial charge >= 0.3 is 6.18 Å². The average molecular weight is 427 g/mol. The first kappa shape index (κ1) is 21.2. The summed E-state index contributed by atoms with van der Waals surface area (Å²) in [4.78, 5) is 14.4. The molecule has 156 valence electrons. The fraction of sp³-hybridized carbons (Fsp3) is 0.350. The number of sulfone groups is 1. The molecule has 0 spiro atoms. The van der Waals surface area contributed by atoms with E-state index in [1.54, 1.807) is 13.8 Å². The maximum Gasteiger partial charge on any atom is 0.416 e. The predicted molar refractivity (Wildman–Crippen MR) is 100 cm³/mol. The number of alkyl halides is 3. The highest BCUT2D eigenvalue weighted by molar-refractivity contribution is 7.90. The summed E-state index contributed by atoms with van der Waals surface area (Å²) in [6.07, 6.45) is -3.69. The Labute approximate surface area is 167 Å². The van der Waals surface area contributed by atoms with E-state index in [9.17, 15) is 26.4 Å². The third-order valence-electron chi connectivity index (χ3n) is 4.52. The van der Waals surface area contributed by atoms with E-state index >= 15 is 0 Å². The normalized spacial score (nSPS) is 14.2. The lowest BCUT2D eigenvalue weighted by atomic mass is 10.1. The van der Waals surface area contributed by atoms with Crippen molar-refractivity contribution in [3.63, 3.8) is 0 Å². The smallest absolute Gasteiger partial charge is 0.416 e. The summed E-state index contributed by atoms with van der Waals surface area (Å²) in [6, 6.07) is 7.43. The molecule has 0 atom stereocenters. The highest BCUT2D eigenvalue weighted by atomic mass is 32.2. The lowest BCUT2D eigenvalue weighted by molar-refractivity contribution is -0.137. The molecule has 2 aromatic carbocycles. The van der Waals surface area contributed by atoms with E-state index in [1.807, 2.05) is 0 Å². The van der Waals surface area contributed by atoms with Gasteiger partial charge in [-0.05, 0) is 55.3 Å². The van der Waals surface area contributed by atoms with Crippen molar-refractivity contribution in [1.82, 2.24) is 4.90 Å². The summed E-state index contributed by atoms with van der Waals surface area (Å²) in [7, 11) is -3.55. The molecular formula is C20H20F3NO4S. The fourth-order valence-corrected chi connectivity index (χ4v) is 3.80. The molecule has 3 rings (SSSR count). The van der Waals surface area contributed by atoms with Gasteiger partial charge in [0.15, 0.2) is 9.84 Å². The molecule has 0 saturated heterocycles. The molecule has 0 radical (unpaired) electrons. The Hall–Kier alpha value is -2.55. The molecule has 0 unspecified atom stereocenters. The topological polar surface area (TPSA) is 63.7 Å². The van der Waals surface area contributed by atoms with Gasteiger partial charge in [0, 0.05) is 19.3 Å². The summed E-state index contributed by atoms with van der Waals surface area (Å²) in [6.45, 7) is 3.67. The highest BCUT2D eigenvalue weighted by Gasteiger charge is 2.33. The van der Waals surface area contributed by atoms with Crippen LogP contribution in [0.25, 0.3) is 0 Å². The van der Waals surface area contributed by atoms with Crippen molar-refractivity contribution in [2.24, 2.45) is 0 Å². The summed E-state index contributed by atoms with van der Waals surface area (Å²) in [5.74, 6) is -0.278. The van der Waals surface area contributed by atoms with Crippen LogP contribution in [0.4, 0.5) is 13.2 Å². The standard InChI is InChI=1S/C20H20F3NO4S/c1-12(2)28-18-7-6-16(29(3,26)27)9-17(18)19(25)24-10-13-4-5-15(20(21,22)23)8-14(13)11-24/h4-9,12H,10-11H2,1-3H3. The minimum atomic E-state index is -4.46. The molecule has 29 heavy (non-hydrogen) atoms. The van der Waals surface area contributed by atoms with Crippen LogP contribution in [-0.4, -0.2) is 31.6 Å². The number of fused-ring (bicyclic) bond motifs is 1. The molecule has 0 N–H and O–H groups in total. The number of benzene rings is 2. The van der Waals surface area contributed by atoms with E-state index in [2.05, 4.69) is 0 Å². The molecule has 1 aliphatic heterocycles. The Morgan fingerprint density at radius 2 is 1.72 bits per heavy atom. The second-order valence-electron chi connectivity index (χ2n) is 7.24. The quantitative estimate of drug-likeness (QED) is 0.739. The summed E-state index contributed by atoms with van der Waals surface area (Å²) in [5.41, 5.74) is 0.328. The Balaban J connectivity index is 1.95. The molecule has 0 aliphatic carbocycles. The average Bonchev–Trinajstić information content (AvgIpc) is 3.02. The van der Waals surface area contributed by atoms with Gasteiger partial charge in [-0.1, -0.05) is 6.07 Å². The Morgan fingerprint density at radius 1 is 1.07 bits per heavy atom. The molecule has 1 amide bonds. The number of carbonyl (C=O) groups is 1. The predicted octanol–water partition coefficient (Wildman–Crippen LogP) is 4.05. The van der Waals surface area contributed by atoms with Crippen molar-refractivity contribution in [3.05, 3.63) is 58.7 Å². The molecule has 0 fully saturated rings. The second kappa shape index (κ2) is 7.37. The van der Waals surface area contributed by atoms with E-state index in [1.165, 1.54) is 29.2 Å². The molecule has 9 heteroatoms. The van der Waals surface area contributed by atoms with E-state index in [0.717, 1.165) is 18.4 Å². The van der Waals surface area contributed by atoms with E-state index in [4.69, 9.17) is 4.74 Å². The van der Waals surface area contributed by atoms with Crippen LogP contribution in [0.1, 0.15) is 40.9 Å². The van der Waals surface area contributed by atoms with Crippen LogP contribution in [0.5, 0.6) is 5.75 Å². The third kappa shape index (κ3) is 4.55. The zero-order chi connectivity index (χ0) is 21.6. The van der Waals surface area contributed by atoms with Crippen molar-refractivity contribution >= 4 is 15.7 Å². The van der Waals surface area contributed by atoms with Gasteiger partial charge in [0.2, 0.25) is 0 Å². The van der Waals surface area contributed by atoms with Gasteiger partial charge in [0.1, 0.15) is 5.75 Å². The molecule has 0 bridgehead atoms.